The van der Waals surface area contributed by atoms with Gasteiger partial charge >= 0.3 is 6.03 Å². The number of guanidine groups is 1. The van der Waals surface area contributed by atoms with E-state index < -0.39 is 5.82 Å². The number of imide groups is 1. The van der Waals surface area contributed by atoms with Crippen molar-refractivity contribution in [2.75, 3.05) is 40.8 Å². The minimum Gasteiger partial charge on any atom is -0.494 e. The third-order valence-electron chi connectivity index (χ3n) is 3.76. The maximum atomic E-state index is 13.8. The predicted octanol–water partition coefficient (Wildman–Crippen LogP) is 1.01. The van der Waals surface area contributed by atoms with Crippen molar-refractivity contribution in [2.45, 2.75) is 6.54 Å². The molecule has 0 bridgehead atoms. The van der Waals surface area contributed by atoms with Gasteiger partial charge in [0.2, 0.25) is 5.91 Å². The fraction of sp³-hybridized carbons (Fsp3) is 0.438. The molecule has 0 spiro atoms. The minimum atomic E-state index is -0.421. The zero-order valence-corrected chi connectivity index (χ0v) is 17.2. The van der Waals surface area contributed by atoms with Crippen LogP contribution in [0.3, 0.4) is 0 Å². The van der Waals surface area contributed by atoms with Gasteiger partial charge in [0.15, 0.2) is 17.5 Å². The molecule has 1 aliphatic heterocycles. The highest BCUT2D eigenvalue weighted by Gasteiger charge is 2.27. The van der Waals surface area contributed by atoms with Gasteiger partial charge in [0, 0.05) is 33.7 Å². The molecule has 1 fully saturated rings. The molecule has 0 radical (unpaired) electrons. The first kappa shape index (κ1) is 21.9. The standard InChI is InChI=1S/C16H22FN5O3.HI/c1-18-15(19-6-7-22-14(23)9-20-16(22)24)21(2)10-11-4-5-13(25-3)12(17)8-11;/h4-5,8H,6-7,9-10H2,1-3H3,(H,18,19)(H,20,24);1H. The lowest BCUT2D eigenvalue weighted by Crippen LogP contribution is -2.43. The quantitative estimate of drug-likeness (QED) is 0.276. The van der Waals surface area contributed by atoms with E-state index in [1.807, 2.05) is 11.9 Å². The lowest BCUT2D eigenvalue weighted by molar-refractivity contribution is -0.124. The van der Waals surface area contributed by atoms with Crippen LogP contribution in [0.15, 0.2) is 23.2 Å². The Morgan fingerprint density at radius 2 is 2.19 bits per heavy atom. The highest BCUT2D eigenvalue weighted by molar-refractivity contribution is 14.0. The van der Waals surface area contributed by atoms with Gasteiger partial charge in [-0.3, -0.25) is 14.7 Å². The summed E-state index contributed by atoms with van der Waals surface area (Å²) in [6, 6.07) is 4.38. The fourth-order valence-electron chi connectivity index (χ4n) is 2.50. The number of nitrogens with zero attached hydrogens (tertiary/aromatic N) is 3. The number of benzene rings is 1. The molecule has 1 heterocycles. The molecule has 1 aromatic carbocycles. The zero-order valence-electron chi connectivity index (χ0n) is 14.9. The molecule has 0 atom stereocenters. The molecule has 1 aliphatic rings. The van der Waals surface area contributed by atoms with E-state index in [2.05, 4.69) is 15.6 Å². The van der Waals surface area contributed by atoms with Gasteiger partial charge in [0.25, 0.3) is 0 Å². The van der Waals surface area contributed by atoms with E-state index in [9.17, 15) is 14.0 Å². The average Bonchev–Trinajstić information content (AvgIpc) is 2.90. The third-order valence-corrected chi connectivity index (χ3v) is 3.76. The van der Waals surface area contributed by atoms with Crippen LogP contribution in [0.5, 0.6) is 5.75 Å². The Bertz CT molecular complexity index is 670. The first-order chi connectivity index (χ1) is 12.0. The molecule has 0 aromatic heterocycles. The number of hydrogen-bond donors (Lipinski definition) is 2. The summed E-state index contributed by atoms with van der Waals surface area (Å²) < 4.78 is 18.7. The van der Waals surface area contributed by atoms with Crippen molar-refractivity contribution in [3.05, 3.63) is 29.6 Å². The highest BCUT2D eigenvalue weighted by Crippen LogP contribution is 2.18. The first-order valence-corrected chi connectivity index (χ1v) is 7.78. The van der Waals surface area contributed by atoms with Crippen LogP contribution < -0.4 is 15.4 Å². The van der Waals surface area contributed by atoms with Crippen LogP contribution in [0.25, 0.3) is 0 Å². The monoisotopic (exact) mass is 479 g/mol. The minimum absolute atomic E-state index is 0. The summed E-state index contributed by atoms with van der Waals surface area (Å²) in [6.45, 7) is 1.09. The van der Waals surface area contributed by atoms with Crippen molar-refractivity contribution in [1.82, 2.24) is 20.4 Å². The zero-order chi connectivity index (χ0) is 18.4. The molecule has 3 amide bonds. The second-order valence-corrected chi connectivity index (χ2v) is 5.50. The Hall–Kier alpha value is -2.11. The summed E-state index contributed by atoms with van der Waals surface area (Å²) in [5, 5.41) is 5.54. The van der Waals surface area contributed by atoms with Crippen LogP contribution in [0, 0.1) is 5.82 Å². The summed E-state index contributed by atoms with van der Waals surface area (Å²) >= 11 is 0. The molecular weight excluding hydrogens is 456 g/mol. The number of methoxy groups -OCH3 is 1. The number of hydrogen-bond acceptors (Lipinski definition) is 4. The van der Waals surface area contributed by atoms with Crippen molar-refractivity contribution in [3.63, 3.8) is 0 Å². The van der Waals surface area contributed by atoms with Gasteiger partial charge in [-0.05, 0) is 17.7 Å². The van der Waals surface area contributed by atoms with Crippen LogP contribution in [0.4, 0.5) is 9.18 Å². The van der Waals surface area contributed by atoms with Gasteiger partial charge in [-0.1, -0.05) is 6.07 Å². The van der Waals surface area contributed by atoms with Crippen molar-refractivity contribution < 1.29 is 18.7 Å². The molecule has 0 unspecified atom stereocenters. The predicted molar refractivity (Wildman–Crippen MR) is 106 cm³/mol. The Morgan fingerprint density at radius 1 is 1.46 bits per heavy atom. The van der Waals surface area contributed by atoms with E-state index in [0.717, 1.165) is 10.5 Å². The van der Waals surface area contributed by atoms with Crippen LogP contribution in [-0.4, -0.2) is 68.5 Å². The van der Waals surface area contributed by atoms with Crippen LogP contribution in [0.1, 0.15) is 5.56 Å². The lowest BCUT2D eigenvalue weighted by Gasteiger charge is -2.23. The highest BCUT2D eigenvalue weighted by atomic mass is 127. The van der Waals surface area contributed by atoms with Crippen molar-refractivity contribution in [3.8, 4) is 5.75 Å². The van der Waals surface area contributed by atoms with Crippen LogP contribution in [0.2, 0.25) is 0 Å². The van der Waals surface area contributed by atoms with E-state index in [0.29, 0.717) is 19.0 Å². The molecule has 144 valence electrons. The average molecular weight is 479 g/mol. The molecule has 26 heavy (non-hydrogen) atoms. The summed E-state index contributed by atoms with van der Waals surface area (Å²) in [5.41, 5.74) is 0.762. The smallest absolute Gasteiger partial charge is 0.324 e. The molecular formula is C16H23FIN5O3. The van der Waals surface area contributed by atoms with Gasteiger partial charge in [-0.2, -0.15) is 0 Å². The van der Waals surface area contributed by atoms with Gasteiger partial charge < -0.3 is 20.3 Å². The number of amides is 3. The number of nitrogens with one attached hydrogen (secondary N) is 2. The number of halogens is 2. The van der Waals surface area contributed by atoms with Crippen LogP contribution in [-0.2, 0) is 11.3 Å². The van der Waals surface area contributed by atoms with E-state index in [1.165, 1.54) is 13.2 Å². The molecule has 2 N–H and O–H groups in total. The first-order valence-electron chi connectivity index (χ1n) is 7.78. The number of rotatable bonds is 6. The number of carbonyl (C=O) groups is 2. The number of ether oxygens (including phenoxy) is 1. The normalized spacial score (nSPS) is 14.0. The third kappa shape index (κ3) is 5.44. The molecule has 0 aliphatic carbocycles. The Morgan fingerprint density at radius 3 is 2.73 bits per heavy atom. The Balaban J connectivity index is 0.00000338. The molecule has 1 aromatic rings. The van der Waals surface area contributed by atoms with Crippen molar-refractivity contribution >= 4 is 41.9 Å². The van der Waals surface area contributed by atoms with Crippen molar-refractivity contribution in [1.29, 1.82) is 0 Å². The second-order valence-electron chi connectivity index (χ2n) is 5.50. The SMILES string of the molecule is CN=C(NCCN1C(=O)CNC1=O)N(C)Cc1ccc(OC)c(F)c1.I. The summed E-state index contributed by atoms with van der Waals surface area (Å²) in [6.07, 6.45) is 0. The fourth-order valence-corrected chi connectivity index (χ4v) is 2.50. The van der Waals surface area contributed by atoms with E-state index in [-0.39, 0.29) is 54.8 Å². The molecule has 8 nitrogen and oxygen atoms in total. The maximum absolute atomic E-state index is 13.8. The summed E-state index contributed by atoms with van der Waals surface area (Å²) in [7, 11) is 4.85. The summed E-state index contributed by atoms with van der Waals surface area (Å²) in [5.74, 6) is 0.101. The lowest BCUT2D eigenvalue weighted by atomic mass is 10.2. The maximum Gasteiger partial charge on any atom is 0.324 e. The largest absolute Gasteiger partial charge is 0.494 e. The number of carbonyl (C=O) groups excluding carboxylic acids is 2. The van der Waals surface area contributed by atoms with Gasteiger partial charge in [-0.15, -0.1) is 24.0 Å². The molecule has 10 heteroatoms. The Labute approximate surface area is 168 Å². The number of urea groups is 1. The van der Waals surface area contributed by atoms with E-state index in [1.54, 1.807) is 19.2 Å². The molecule has 0 saturated carbocycles. The van der Waals surface area contributed by atoms with Gasteiger partial charge in [-0.25, -0.2) is 9.18 Å². The molecule has 2 rings (SSSR count). The van der Waals surface area contributed by atoms with Gasteiger partial charge in [0.1, 0.15) is 0 Å². The van der Waals surface area contributed by atoms with Gasteiger partial charge in [0.05, 0.1) is 13.7 Å². The Kier molecular flexibility index (Phi) is 8.55. The second kappa shape index (κ2) is 10.1. The van der Waals surface area contributed by atoms with Crippen molar-refractivity contribution in [2.24, 2.45) is 4.99 Å². The van der Waals surface area contributed by atoms with E-state index in [4.69, 9.17) is 4.74 Å². The topological polar surface area (TPSA) is 86.3 Å². The summed E-state index contributed by atoms with van der Waals surface area (Å²) in [4.78, 5) is 30.1. The molecule has 1 saturated heterocycles. The van der Waals surface area contributed by atoms with Crippen LogP contribution >= 0.6 is 24.0 Å². The number of aliphatic imine (C=N–C) groups is 1. The van der Waals surface area contributed by atoms with E-state index >= 15 is 0 Å².